The Morgan fingerprint density at radius 3 is 2.85 bits per heavy atom. The van der Waals surface area contributed by atoms with Crippen LogP contribution in [0.4, 0.5) is 0 Å². The average Bonchev–Trinajstić information content (AvgIpc) is 3.24. The highest BCUT2D eigenvalue weighted by atomic mass is 32.1. The molecule has 1 N–H and O–H groups in total. The molecule has 0 amide bonds. The molecule has 0 aliphatic heterocycles. The topological polar surface area (TPSA) is 63.0 Å². The maximum absolute atomic E-state index is 9.62. The molecule has 0 atom stereocenters. The normalized spacial score (nSPS) is 12.4. The number of phenolic OH excluding ortho intramolecular Hbond substituents is 1. The fraction of sp³-hybridized carbons (Fsp3) is 0.100. The lowest BCUT2D eigenvalue weighted by molar-refractivity contribution is 0.475. The zero-order chi connectivity index (χ0) is 17.9. The van der Waals surface area contributed by atoms with Crippen LogP contribution in [0, 0.1) is 0 Å². The summed E-state index contributed by atoms with van der Waals surface area (Å²) < 4.78 is 7.76. The quantitative estimate of drug-likeness (QED) is 0.544. The molecule has 0 radical (unpaired) electrons. The van der Waals surface area contributed by atoms with Crippen molar-refractivity contribution in [1.82, 2.24) is 4.68 Å². The summed E-state index contributed by atoms with van der Waals surface area (Å²) in [4.78, 5) is 5.30. The first kappa shape index (κ1) is 16.4. The molecule has 2 aromatic carbocycles. The van der Waals surface area contributed by atoms with Gasteiger partial charge in [0.2, 0.25) is 4.80 Å². The summed E-state index contributed by atoms with van der Waals surface area (Å²) in [6.07, 6.45) is 1.70. The third kappa shape index (κ3) is 3.19. The largest absolute Gasteiger partial charge is 0.508 e. The first-order valence-electron chi connectivity index (χ1n) is 8.28. The Labute approximate surface area is 154 Å². The first-order chi connectivity index (χ1) is 12.7. The summed E-state index contributed by atoms with van der Waals surface area (Å²) in [5.41, 5.74) is 2.49. The van der Waals surface area contributed by atoms with E-state index in [0.29, 0.717) is 6.54 Å². The summed E-state index contributed by atoms with van der Waals surface area (Å²) in [5.74, 6) is 0.952. The molecule has 0 saturated heterocycles. The second-order valence-corrected chi connectivity index (χ2v) is 6.51. The molecule has 0 unspecified atom stereocenters. The lowest BCUT2D eigenvalue weighted by atomic mass is 10.2. The van der Waals surface area contributed by atoms with Crippen LogP contribution in [0.2, 0.25) is 0 Å². The average molecular weight is 363 g/mol. The number of aromatic nitrogens is 1. The Balaban J connectivity index is 1.82. The van der Waals surface area contributed by atoms with Gasteiger partial charge in [-0.15, -0.1) is 11.3 Å². The standard InChI is InChI=1S/C20H17N3O2S/c1-2-21-20-23(22-12-14-6-5-8-16(24)10-14)17(13-26-20)19-11-15-7-3-4-9-18(15)25-19/h3-13,24H,2H2,1H3. The third-order valence-electron chi connectivity index (χ3n) is 3.85. The van der Waals surface area contributed by atoms with Crippen molar-refractivity contribution in [3.05, 3.63) is 70.3 Å². The second kappa shape index (κ2) is 7.01. The molecule has 0 spiro atoms. The van der Waals surface area contributed by atoms with E-state index in [1.165, 1.54) is 11.3 Å². The lowest BCUT2D eigenvalue weighted by Gasteiger charge is -2.00. The summed E-state index contributed by atoms with van der Waals surface area (Å²) in [6.45, 7) is 2.66. The molecule has 0 aliphatic rings. The highest BCUT2D eigenvalue weighted by Crippen LogP contribution is 2.28. The molecule has 4 rings (SSSR count). The van der Waals surface area contributed by atoms with E-state index in [2.05, 4.69) is 10.1 Å². The zero-order valence-electron chi connectivity index (χ0n) is 14.2. The molecule has 0 fully saturated rings. The third-order valence-corrected chi connectivity index (χ3v) is 4.70. The Morgan fingerprint density at radius 2 is 2.04 bits per heavy atom. The van der Waals surface area contributed by atoms with Crippen molar-refractivity contribution in [3.8, 4) is 17.2 Å². The summed E-state index contributed by atoms with van der Waals surface area (Å²) >= 11 is 1.52. The zero-order valence-corrected chi connectivity index (χ0v) is 15.0. The van der Waals surface area contributed by atoms with Crippen LogP contribution in [0.25, 0.3) is 22.4 Å². The number of hydrogen-bond donors (Lipinski definition) is 1. The van der Waals surface area contributed by atoms with Gasteiger partial charge < -0.3 is 9.52 Å². The number of aromatic hydroxyl groups is 1. The van der Waals surface area contributed by atoms with Gasteiger partial charge in [0.1, 0.15) is 17.0 Å². The number of fused-ring (bicyclic) bond motifs is 1. The van der Waals surface area contributed by atoms with Crippen molar-refractivity contribution < 1.29 is 9.52 Å². The molecule has 26 heavy (non-hydrogen) atoms. The van der Waals surface area contributed by atoms with Crippen LogP contribution >= 0.6 is 11.3 Å². The minimum Gasteiger partial charge on any atom is -0.508 e. The number of benzene rings is 2. The molecule has 130 valence electrons. The van der Waals surface area contributed by atoms with Crippen LogP contribution in [0.15, 0.2) is 74.5 Å². The number of para-hydroxylation sites is 1. The van der Waals surface area contributed by atoms with Crippen molar-refractivity contribution in [1.29, 1.82) is 0 Å². The number of hydrogen-bond acceptors (Lipinski definition) is 5. The van der Waals surface area contributed by atoms with Gasteiger partial charge in [0.15, 0.2) is 5.76 Å². The smallest absolute Gasteiger partial charge is 0.206 e. The molecule has 2 aromatic heterocycles. The summed E-state index contributed by atoms with van der Waals surface area (Å²) in [5, 5.41) is 17.2. The van der Waals surface area contributed by atoms with E-state index in [9.17, 15) is 5.11 Å². The van der Waals surface area contributed by atoms with Crippen LogP contribution in [-0.2, 0) is 0 Å². The molecule has 0 saturated carbocycles. The molecule has 6 heteroatoms. The lowest BCUT2D eigenvalue weighted by Crippen LogP contribution is -2.12. The molecule has 5 nitrogen and oxygen atoms in total. The monoisotopic (exact) mass is 363 g/mol. The van der Waals surface area contributed by atoms with Crippen molar-refractivity contribution in [2.75, 3.05) is 6.54 Å². The van der Waals surface area contributed by atoms with E-state index in [1.807, 2.05) is 48.7 Å². The Hall–Kier alpha value is -3.12. The van der Waals surface area contributed by atoms with E-state index in [-0.39, 0.29) is 5.75 Å². The molecule has 2 heterocycles. The number of furan rings is 1. The molecule has 0 aliphatic carbocycles. The van der Waals surface area contributed by atoms with Gasteiger partial charge >= 0.3 is 0 Å². The predicted molar refractivity (Wildman–Crippen MR) is 105 cm³/mol. The van der Waals surface area contributed by atoms with Crippen LogP contribution in [0.5, 0.6) is 5.75 Å². The fourth-order valence-electron chi connectivity index (χ4n) is 2.66. The van der Waals surface area contributed by atoms with Gasteiger partial charge in [0.25, 0.3) is 0 Å². The van der Waals surface area contributed by atoms with Gasteiger partial charge in [-0.05, 0) is 36.8 Å². The van der Waals surface area contributed by atoms with E-state index in [4.69, 9.17) is 4.42 Å². The van der Waals surface area contributed by atoms with Crippen molar-refractivity contribution >= 4 is 28.5 Å². The predicted octanol–water partition coefficient (Wildman–Crippen LogP) is 4.47. The van der Waals surface area contributed by atoms with E-state index >= 15 is 0 Å². The van der Waals surface area contributed by atoms with Gasteiger partial charge in [0, 0.05) is 17.3 Å². The summed E-state index contributed by atoms with van der Waals surface area (Å²) in [7, 11) is 0. The van der Waals surface area contributed by atoms with E-state index in [0.717, 1.165) is 32.8 Å². The highest BCUT2D eigenvalue weighted by Gasteiger charge is 2.12. The van der Waals surface area contributed by atoms with Gasteiger partial charge in [0.05, 0.1) is 6.21 Å². The van der Waals surface area contributed by atoms with Crippen LogP contribution < -0.4 is 4.80 Å². The second-order valence-electron chi connectivity index (χ2n) is 5.68. The molecule has 4 aromatic rings. The molecular formula is C20H17N3O2S. The number of thiazole rings is 1. The Bertz CT molecular complexity index is 1120. The van der Waals surface area contributed by atoms with E-state index in [1.54, 1.807) is 29.1 Å². The van der Waals surface area contributed by atoms with Crippen LogP contribution in [0.1, 0.15) is 12.5 Å². The minimum atomic E-state index is 0.209. The van der Waals surface area contributed by atoms with Gasteiger partial charge in [-0.1, -0.05) is 30.3 Å². The maximum atomic E-state index is 9.62. The first-order valence-corrected chi connectivity index (χ1v) is 9.16. The number of nitrogens with zero attached hydrogens (tertiary/aromatic N) is 3. The Kier molecular flexibility index (Phi) is 4.41. The van der Waals surface area contributed by atoms with Crippen LogP contribution in [0.3, 0.4) is 0 Å². The summed E-state index contributed by atoms with van der Waals surface area (Å²) in [6, 6.07) is 16.9. The molecular weight excluding hydrogens is 346 g/mol. The maximum Gasteiger partial charge on any atom is 0.206 e. The fourth-order valence-corrected chi connectivity index (χ4v) is 3.54. The van der Waals surface area contributed by atoms with Crippen LogP contribution in [-0.4, -0.2) is 22.5 Å². The van der Waals surface area contributed by atoms with Gasteiger partial charge in [-0.25, -0.2) is 4.68 Å². The molecule has 0 bridgehead atoms. The highest BCUT2D eigenvalue weighted by molar-refractivity contribution is 7.07. The minimum absolute atomic E-state index is 0.209. The van der Waals surface area contributed by atoms with Gasteiger partial charge in [-0.3, -0.25) is 4.99 Å². The van der Waals surface area contributed by atoms with Crippen molar-refractivity contribution in [2.24, 2.45) is 10.1 Å². The Morgan fingerprint density at radius 1 is 1.15 bits per heavy atom. The van der Waals surface area contributed by atoms with E-state index < -0.39 is 0 Å². The number of phenols is 1. The van der Waals surface area contributed by atoms with Gasteiger partial charge in [-0.2, -0.15) is 5.10 Å². The van der Waals surface area contributed by atoms with Crippen molar-refractivity contribution in [2.45, 2.75) is 6.92 Å². The SMILES string of the molecule is CCN=c1scc(-c2cc3ccccc3o2)n1N=Cc1cccc(O)c1. The van der Waals surface area contributed by atoms with Crippen molar-refractivity contribution in [3.63, 3.8) is 0 Å². The number of rotatable bonds is 4.